The molecule has 2 aliphatic heterocycles. The number of piperidine rings is 1. The summed E-state index contributed by atoms with van der Waals surface area (Å²) < 4.78 is 14.6. The highest BCUT2D eigenvalue weighted by Crippen LogP contribution is 2.29. The van der Waals surface area contributed by atoms with E-state index in [9.17, 15) is 9.18 Å². The van der Waals surface area contributed by atoms with Gasteiger partial charge in [0.15, 0.2) is 0 Å². The Morgan fingerprint density at radius 1 is 1.47 bits per heavy atom. The average Bonchev–Trinajstić information content (AvgIpc) is 2.76. The SMILES string of the molecule is O=C1NCC2C1CCCN2Cc1ccc(Br)cc1F. The van der Waals surface area contributed by atoms with E-state index in [2.05, 4.69) is 26.1 Å². The molecular weight excluding hydrogens is 311 g/mol. The molecule has 19 heavy (non-hydrogen) atoms. The van der Waals surface area contributed by atoms with Crippen molar-refractivity contribution in [2.45, 2.75) is 25.4 Å². The monoisotopic (exact) mass is 326 g/mol. The Kier molecular flexibility index (Phi) is 3.58. The molecule has 1 aromatic rings. The van der Waals surface area contributed by atoms with Crippen molar-refractivity contribution in [3.8, 4) is 0 Å². The van der Waals surface area contributed by atoms with E-state index in [-0.39, 0.29) is 23.7 Å². The number of carbonyl (C=O) groups excluding carboxylic acids is 1. The minimum absolute atomic E-state index is 0.0901. The van der Waals surface area contributed by atoms with E-state index in [0.717, 1.165) is 23.9 Å². The van der Waals surface area contributed by atoms with Gasteiger partial charge in [-0.15, -0.1) is 0 Å². The topological polar surface area (TPSA) is 32.3 Å². The molecule has 1 N–H and O–H groups in total. The maximum Gasteiger partial charge on any atom is 0.224 e. The Balaban J connectivity index is 1.77. The highest BCUT2D eigenvalue weighted by Gasteiger charge is 2.40. The first-order chi connectivity index (χ1) is 9.15. The third-order valence-electron chi connectivity index (χ3n) is 4.10. The summed E-state index contributed by atoms with van der Waals surface area (Å²) in [5, 5.41) is 2.92. The molecule has 3 nitrogen and oxygen atoms in total. The van der Waals surface area contributed by atoms with Crippen molar-refractivity contribution in [2.24, 2.45) is 5.92 Å². The van der Waals surface area contributed by atoms with E-state index in [4.69, 9.17) is 0 Å². The third kappa shape index (κ3) is 2.54. The minimum atomic E-state index is -0.186. The molecule has 3 rings (SSSR count). The van der Waals surface area contributed by atoms with Crippen molar-refractivity contribution in [3.05, 3.63) is 34.1 Å². The summed E-state index contributed by atoms with van der Waals surface area (Å²) in [4.78, 5) is 13.9. The Bertz CT molecular complexity index is 508. The first-order valence-corrected chi connectivity index (χ1v) is 7.40. The molecule has 1 amide bonds. The number of fused-ring (bicyclic) bond motifs is 1. The number of amides is 1. The molecule has 2 saturated heterocycles. The van der Waals surface area contributed by atoms with Crippen molar-refractivity contribution < 1.29 is 9.18 Å². The number of benzene rings is 1. The Morgan fingerprint density at radius 2 is 2.32 bits per heavy atom. The van der Waals surface area contributed by atoms with Gasteiger partial charge in [-0.05, 0) is 31.5 Å². The van der Waals surface area contributed by atoms with Crippen LogP contribution in [0.25, 0.3) is 0 Å². The van der Waals surface area contributed by atoms with Crippen LogP contribution in [-0.2, 0) is 11.3 Å². The van der Waals surface area contributed by atoms with E-state index in [1.165, 1.54) is 6.07 Å². The average molecular weight is 327 g/mol. The standard InChI is InChI=1S/C14H16BrFN2O/c15-10-4-3-9(12(16)6-10)8-18-5-1-2-11-13(18)7-17-14(11)19/h3-4,6,11,13H,1-2,5,7-8H2,(H,17,19). The Hall–Kier alpha value is -0.940. The minimum Gasteiger partial charge on any atom is -0.354 e. The predicted molar refractivity (Wildman–Crippen MR) is 74.0 cm³/mol. The van der Waals surface area contributed by atoms with Crippen LogP contribution < -0.4 is 5.32 Å². The summed E-state index contributed by atoms with van der Waals surface area (Å²) in [6.07, 6.45) is 1.96. The summed E-state index contributed by atoms with van der Waals surface area (Å²) in [7, 11) is 0. The van der Waals surface area contributed by atoms with Crippen LogP contribution in [0.15, 0.2) is 22.7 Å². The number of hydrogen-bond acceptors (Lipinski definition) is 2. The maximum absolute atomic E-state index is 13.9. The Morgan fingerprint density at radius 3 is 3.11 bits per heavy atom. The predicted octanol–water partition coefficient (Wildman–Crippen LogP) is 2.30. The lowest BCUT2D eigenvalue weighted by Gasteiger charge is -2.35. The van der Waals surface area contributed by atoms with Gasteiger partial charge in [0.2, 0.25) is 5.91 Å². The van der Waals surface area contributed by atoms with Crippen LogP contribution in [0.5, 0.6) is 0 Å². The summed E-state index contributed by atoms with van der Waals surface area (Å²) in [6.45, 7) is 2.21. The molecule has 0 saturated carbocycles. The van der Waals surface area contributed by atoms with Crippen LogP contribution in [-0.4, -0.2) is 29.9 Å². The molecule has 0 bridgehead atoms. The summed E-state index contributed by atoms with van der Waals surface area (Å²) >= 11 is 3.27. The molecule has 2 atom stereocenters. The zero-order chi connectivity index (χ0) is 13.4. The number of carbonyl (C=O) groups is 1. The molecule has 2 heterocycles. The third-order valence-corrected chi connectivity index (χ3v) is 4.60. The van der Waals surface area contributed by atoms with E-state index in [1.807, 2.05) is 12.1 Å². The zero-order valence-corrected chi connectivity index (χ0v) is 12.1. The van der Waals surface area contributed by atoms with Crippen molar-refractivity contribution in [1.82, 2.24) is 10.2 Å². The lowest BCUT2D eigenvalue weighted by atomic mass is 9.91. The highest BCUT2D eigenvalue weighted by atomic mass is 79.9. The molecular formula is C14H16BrFN2O. The van der Waals surface area contributed by atoms with E-state index in [0.29, 0.717) is 18.7 Å². The van der Waals surface area contributed by atoms with Gasteiger partial charge in [0.25, 0.3) is 0 Å². The second kappa shape index (κ2) is 5.21. The molecule has 0 aliphatic carbocycles. The van der Waals surface area contributed by atoms with Gasteiger partial charge in [-0.2, -0.15) is 0 Å². The molecule has 2 unspecified atom stereocenters. The number of nitrogens with one attached hydrogen (secondary N) is 1. The molecule has 0 spiro atoms. The summed E-state index contributed by atoms with van der Waals surface area (Å²) in [5.41, 5.74) is 0.697. The van der Waals surface area contributed by atoms with Gasteiger partial charge >= 0.3 is 0 Å². The molecule has 2 fully saturated rings. The van der Waals surface area contributed by atoms with Crippen molar-refractivity contribution in [3.63, 3.8) is 0 Å². The number of hydrogen-bond donors (Lipinski definition) is 1. The first kappa shape index (κ1) is 13.1. The first-order valence-electron chi connectivity index (χ1n) is 6.61. The van der Waals surface area contributed by atoms with Crippen LogP contribution >= 0.6 is 15.9 Å². The fourth-order valence-electron chi connectivity index (χ4n) is 3.11. The van der Waals surface area contributed by atoms with Gasteiger partial charge in [-0.3, -0.25) is 9.69 Å². The fourth-order valence-corrected chi connectivity index (χ4v) is 3.44. The quantitative estimate of drug-likeness (QED) is 0.904. The second-order valence-corrected chi connectivity index (χ2v) is 6.18. The van der Waals surface area contributed by atoms with Crippen molar-refractivity contribution in [1.29, 1.82) is 0 Å². The fraction of sp³-hybridized carbons (Fsp3) is 0.500. The van der Waals surface area contributed by atoms with Gasteiger partial charge in [0, 0.05) is 29.2 Å². The van der Waals surface area contributed by atoms with Crippen LogP contribution in [0.3, 0.4) is 0 Å². The van der Waals surface area contributed by atoms with Crippen molar-refractivity contribution in [2.75, 3.05) is 13.1 Å². The van der Waals surface area contributed by atoms with Gasteiger partial charge in [0.1, 0.15) is 5.82 Å². The van der Waals surface area contributed by atoms with Crippen LogP contribution in [0.1, 0.15) is 18.4 Å². The summed E-state index contributed by atoms with van der Waals surface area (Å²) in [5.74, 6) is 0.0621. The van der Waals surface area contributed by atoms with E-state index >= 15 is 0 Å². The number of likely N-dealkylation sites (tertiary alicyclic amines) is 1. The normalized spacial score (nSPS) is 27.2. The highest BCUT2D eigenvalue weighted by molar-refractivity contribution is 9.10. The molecule has 2 aliphatic rings. The van der Waals surface area contributed by atoms with Gasteiger partial charge < -0.3 is 5.32 Å². The number of halogens is 2. The lowest BCUT2D eigenvalue weighted by Crippen LogP contribution is -2.45. The Labute approximate surface area is 120 Å². The lowest BCUT2D eigenvalue weighted by molar-refractivity contribution is -0.124. The van der Waals surface area contributed by atoms with Gasteiger partial charge in [-0.1, -0.05) is 22.0 Å². The molecule has 5 heteroatoms. The largest absolute Gasteiger partial charge is 0.354 e. The van der Waals surface area contributed by atoms with E-state index < -0.39 is 0 Å². The molecule has 0 aromatic heterocycles. The number of rotatable bonds is 2. The smallest absolute Gasteiger partial charge is 0.224 e. The van der Waals surface area contributed by atoms with E-state index in [1.54, 1.807) is 0 Å². The number of nitrogens with zero attached hydrogens (tertiary/aromatic N) is 1. The molecule has 0 radical (unpaired) electrons. The van der Waals surface area contributed by atoms with Crippen LogP contribution in [0.2, 0.25) is 0 Å². The maximum atomic E-state index is 13.9. The molecule has 102 valence electrons. The summed E-state index contributed by atoms with van der Waals surface area (Å²) in [6, 6.07) is 5.39. The molecule has 1 aromatic carbocycles. The van der Waals surface area contributed by atoms with Crippen LogP contribution in [0.4, 0.5) is 4.39 Å². The van der Waals surface area contributed by atoms with Crippen LogP contribution in [0, 0.1) is 11.7 Å². The second-order valence-electron chi connectivity index (χ2n) is 5.27. The van der Waals surface area contributed by atoms with Gasteiger partial charge in [0.05, 0.1) is 5.92 Å². The van der Waals surface area contributed by atoms with Gasteiger partial charge in [-0.25, -0.2) is 4.39 Å². The van der Waals surface area contributed by atoms with Crippen molar-refractivity contribution >= 4 is 21.8 Å². The zero-order valence-electron chi connectivity index (χ0n) is 10.5.